The molecule has 2 unspecified atom stereocenters. The maximum absolute atomic E-state index is 12.5. The fraction of sp³-hybridized carbons (Fsp3) is 0.824. The first-order chi connectivity index (χ1) is 11.0. The van der Waals surface area contributed by atoms with Crippen molar-refractivity contribution in [1.82, 2.24) is 10.2 Å². The van der Waals surface area contributed by atoms with Gasteiger partial charge in [-0.3, -0.25) is 14.4 Å². The highest BCUT2D eigenvalue weighted by atomic mass is 16.4. The van der Waals surface area contributed by atoms with E-state index in [1.807, 2.05) is 0 Å². The molecule has 130 valence electrons. The highest BCUT2D eigenvalue weighted by Gasteiger charge is 2.30. The summed E-state index contributed by atoms with van der Waals surface area (Å²) in [5.41, 5.74) is 0. The summed E-state index contributed by atoms with van der Waals surface area (Å²) in [6, 6.07) is -0.499. The Kier molecular flexibility index (Phi) is 6.42. The molecule has 2 atom stereocenters. The number of carbonyl (C=O) groups excluding carboxylic acids is 2. The first-order valence-corrected chi connectivity index (χ1v) is 8.78. The molecular weight excluding hydrogens is 296 g/mol. The molecule has 2 amide bonds. The summed E-state index contributed by atoms with van der Waals surface area (Å²) in [5.74, 6) is -0.513. The Labute approximate surface area is 137 Å². The number of hydrogen-bond acceptors (Lipinski definition) is 3. The maximum atomic E-state index is 12.5. The van der Waals surface area contributed by atoms with Gasteiger partial charge in [-0.25, -0.2) is 0 Å². The van der Waals surface area contributed by atoms with E-state index in [2.05, 4.69) is 5.32 Å². The third-order valence-electron chi connectivity index (χ3n) is 5.05. The highest BCUT2D eigenvalue weighted by molar-refractivity contribution is 5.88. The van der Waals surface area contributed by atoms with Crippen molar-refractivity contribution in [2.24, 2.45) is 11.8 Å². The molecule has 2 aliphatic rings. The molecule has 0 aromatic heterocycles. The van der Waals surface area contributed by atoms with Crippen LogP contribution in [0.25, 0.3) is 0 Å². The summed E-state index contributed by atoms with van der Waals surface area (Å²) in [7, 11) is 0. The second kappa shape index (κ2) is 8.31. The number of carboxylic acid groups (broad SMARTS) is 1. The van der Waals surface area contributed by atoms with Crippen molar-refractivity contribution in [2.75, 3.05) is 13.1 Å². The molecule has 2 fully saturated rings. The third-order valence-corrected chi connectivity index (χ3v) is 5.05. The molecule has 0 spiro atoms. The molecule has 23 heavy (non-hydrogen) atoms. The number of carboxylic acids is 1. The maximum Gasteiger partial charge on any atom is 0.303 e. The first kappa shape index (κ1) is 17.8. The van der Waals surface area contributed by atoms with Crippen LogP contribution in [0.3, 0.4) is 0 Å². The van der Waals surface area contributed by atoms with Crippen molar-refractivity contribution >= 4 is 17.8 Å². The Balaban J connectivity index is 1.80. The van der Waals surface area contributed by atoms with Gasteiger partial charge in [0.2, 0.25) is 11.8 Å². The summed E-state index contributed by atoms with van der Waals surface area (Å²) < 4.78 is 0. The van der Waals surface area contributed by atoms with E-state index in [9.17, 15) is 14.4 Å². The van der Waals surface area contributed by atoms with Gasteiger partial charge in [-0.05, 0) is 44.9 Å². The molecular formula is C17H28N2O4. The van der Waals surface area contributed by atoms with Crippen molar-refractivity contribution in [3.05, 3.63) is 0 Å². The zero-order valence-electron chi connectivity index (χ0n) is 13.9. The van der Waals surface area contributed by atoms with Crippen molar-refractivity contribution in [3.8, 4) is 0 Å². The van der Waals surface area contributed by atoms with Gasteiger partial charge >= 0.3 is 5.97 Å². The minimum atomic E-state index is -0.786. The second-order valence-electron chi connectivity index (χ2n) is 6.94. The zero-order chi connectivity index (χ0) is 16.8. The number of amides is 2. The summed E-state index contributed by atoms with van der Waals surface area (Å²) in [5, 5.41) is 11.6. The lowest BCUT2D eigenvalue weighted by molar-refractivity contribution is -0.139. The van der Waals surface area contributed by atoms with Crippen LogP contribution < -0.4 is 5.32 Å². The average Bonchev–Trinajstić information content (AvgIpc) is 3.07. The van der Waals surface area contributed by atoms with Crippen molar-refractivity contribution in [2.45, 2.75) is 64.3 Å². The quantitative estimate of drug-likeness (QED) is 0.780. The van der Waals surface area contributed by atoms with Gasteiger partial charge in [0.05, 0.1) is 0 Å². The number of aliphatic carboxylic acids is 1. The van der Waals surface area contributed by atoms with Crippen LogP contribution in [-0.4, -0.2) is 46.9 Å². The van der Waals surface area contributed by atoms with Gasteiger partial charge in [-0.1, -0.05) is 12.8 Å². The summed E-state index contributed by atoms with van der Waals surface area (Å²) >= 11 is 0. The highest BCUT2D eigenvalue weighted by Crippen LogP contribution is 2.25. The number of carbonyl (C=O) groups is 3. The Morgan fingerprint density at radius 1 is 1.17 bits per heavy atom. The predicted molar refractivity (Wildman–Crippen MR) is 85.7 cm³/mol. The summed E-state index contributed by atoms with van der Waals surface area (Å²) in [4.78, 5) is 37.1. The van der Waals surface area contributed by atoms with E-state index < -0.39 is 12.0 Å². The van der Waals surface area contributed by atoms with Crippen LogP contribution in [-0.2, 0) is 14.4 Å². The standard InChI is InChI=1S/C17H28N2O4/c1-12(18-16(22)14-6-2-3-7-14)17(23)19-10-4-5-13(11-19)8-9-15(20)21/h12-14H,2-11H2,1H3,(H,18,22)(H,20,21). The normalized spacial score (nSPS) is 23.5. The molecule has 0 bridgehead atoms. The van der Waals surface area contributed by atoms with Gasteiger partial charge in [0, 0.05) is 25.4 Å². The fourth-order valence-corrected chi connectivity index (χ4v) is 3.68. The molecule has 1 saturated heterocycles. The summed E-state index contributed by atoms with van der Waals surface area (Å²) in [6.07, 6.45) is 6.68. The fourth-order valence-electron chi connectivity index (χ4n) is 3.68. The molecule has 1 heterocycles. The van der Waals surface area contributed by atoms with E-state index >= 15 is 0 Å². The van der Waals surface area contributed by atoms with Crippen LogP contribution in [0.1, 0.15) is 58.3 Å². The molecule has 1 aliphatic carbocycles. The predicted octanol–water partition coefficient (Wildman–Crippen LogP) is 1.78. The molecule has 0 radical (unpaired) electrons. The molecule has 0 aromatic carbocycles. The van der Waals surface area contributed by atoms with E-state index in [1.54, 1.807) is 11.8 Å². The van der Waals surface area contributed by atoms with E-state index in [1.165, 1.54) is 0 Å². The Morgan fingerprint density at radius 3 is 2.52 bits per heavy atom. The first-order valence-electron chi connectivity index (χ1n) is 8.78. The Bertz CT molecular complexity index is 446. The van der Waals surface area contributed by atoms with Crippen LogP contribution in [0.4, 0.5) is 0 Å². The van der Waals surface area contributed by atoms with E-state index in [4.69, 9.17) is 5.11 Å². The zero-order valence-corrected chi connectivity index (χ0v) is 13.9. The summed E-state index contributed by atoms with van der Waals surface area (Å²) in [6.45, 7) is 3.05. The van der Waals surface area contributed by atoms with Crippen LogP contribution in [0.2, 0.25) is 0 Å². The van der Waals surface area contributed by atoms with Crippen LogP contribution in [0.15, 0.2) is 0 Å². The molecule has 2 rings (SSSR count). The van der Waals surface area contributed by atoms with Crippen LogP contribution in [0.5, 0.6) is 0 Å². The molecule has 0 aromatic rings. The molecule has 2 N–H and O–H groups in total. The topological polar surface area (TPSA) is 86.7 Å². The van der Waals surface area contributed by atoms with E-state index in [0.29, 0.717) is 19.5 Å². The van der Waals surface area contributed by atoms with Gasteiger partial charge in [0.15, 0.2) is 0 Å². The van der Waals surface area contributed by atoms with Gasteiger partial charge in [-0.15, -0.1) is 0 Å². The smallest absolute Gasteiger partial charge is 0.303 e. The average molecular weight is 324 g/mol. The lowest BCUT2D eigenvalue weighted by Crippen LogP contribution is -2.50. The largest absolute Gasteiger partial charge is 0.481 e. The lowest BCUT2D eigenvalue weighted by atomic mass is 9.93. The Hall–Kier alpha value is -1.59. The lowest BCUT2D eigenvalue weighted by Gasteiger charge is -2.34. The van der Waals surface area contributed by atoms with Crippen molar-refractivity contribution in [1.29, 1.82) is 0 Å². The number of piperidine rings is 1. The van der Waals surface area contributed by atoms with E-state index in [0.717, 1.165) is 38.5 Å². The number of likely N-dealkylation sites (tertiary alicyclic amines) is 1. The molecule has 6 heteroatoms. The van der Waals surface area contributed by atoms with Gasteiger partial charge in [-0.2, -0.15) is 0 Å². The minimum Gasteiger partial charge on any atom is -0.481 e. The number of rotatable bonds is 6. The molecule has 1 aliphatic heterocycles. The second-order valence-corrected chi connectivity index (χ2v) is 6.94. The Morgan fingerprint density at radius 2 is 1.87 bits per heavy atom. The minimum absolute atomic E-state index is 0.00258. The molecule has 1 saturated carbocycles. The van der Waals surface area contributed by atoms with Crippen molar-refractivity contribution in [3.63, 3.8) is 0 Å². The SMILES string of the molecule is CC(NC(=O)C1CCCC1)C(=O)N1CCCC(CCC(=O)O)C1. The van der Waals surface area contributed by atoms with E-state index in [-0.39, 0.29) is 30.1 Å². The monoisotopic (exact) mass is 324 g/mol. The van der Waals surface area contributed by atoms with Crippen LogP contribution in [0, 0.1) is 11.8 Å². The number of nitrogens with zero attached hydrogens (tertiary/aromatic N) is 1. The number of hydrogen-bond donors (Lipinski definition) is 2. The van der Waals surface area contributed by atoms with Crippen molar-refractivity contribution < 1.29 is 19.5 Å². The van der Waals surface area contributed by atoms with Crippen LogP contribution >= 0.6 is 0 Å². The number of nitrogens with one attached hydrogen (secondary N) is 1. The van der Waals surface area contributed by atoms with Gasteiger partial charge in [0.1, 0.15) is 6.04 Å². The third kappa shape index (κ3) is 5.22. The van der Waals surface area contributed by atoms with Gasteiger partial charge in [0.25, 0.3) is 0 Å². The van der Waals surface area contributed by atoms with Gasteiger partial charge < -0.3 is 15.3 Å². The molecule has 6 nitrogen and oxygen atoms in total.